The topological polar surface area (TPSA) is 89.8 Å². The summed E-state index contributed by atoms with van der Waals surface area (Å²) in [5, 5.41) is 26.8. The molecule has 0 saturated heterocycles. The van der Waals surface area contributed by atoms with Crippen LogP contribution in [0.4, 0.5) is 0 Å². The summed E-state index contributed by atoms with van der Waals surface area (Å²) in [5.74, 6) is -3.23. The Balaban J connectivity index is 3.39. The second kappa shape index (κ2) is 2.77. The maximum atomic E-state index is 9.76. The number of nitrogens with one attached hydrogen (secondary N) is 1. The Hall–Kier alpha value is -0.650. The predicted molar refractivity (Wildman–Crippen MR) is 28.5 cm³/mol. The fourth-order valence-corrected chi connectivity index (χ4v) is 0.243. The van der Waals surface area contributed by atoms with Gasteiger partial charge in [-0.05, 0) is 0 Å². The van der Waals surface area contributed by atoms with Gasteiger partial charge in [0.05, 0.1) is 6.54 Å². The Bertz CT molecular complexity index is 106. The number of hydrogen-bond donors (Lipinski definition) is 4. The van der Waals surface area contributed by atoms with Gasteiger partial charge in [0, 0.05) is 6.92 Å². The summed E-state index contributed by atoms with van der Waals surface area (Å²) in [4.78, 5) is 9.76. The Morgan fingerprint density at radius 1 is 1.67 bits per heavy atom. The van der Waals surface area contributed by atoms with Gasteiger partial charge in [0.25, 0.3) is 0 Å². The van der Waals surface area contributed by atoms with Gasteiger partial charge < -0.3 is 15.3 Å². The molecule has 9 heavy (non-hydrogen) atoms. The van der Waals surface area contributed by atoms with Gasteiger partial charge in [-0.1, -0.05) is 0 Å². The molecule has 0 fully saturated rings. The van der Waals surface area contributed by atoms with Gasteiger partial charge in [-0.2, -0.15) is 0 Å². The molecule has 0 aromatic carbocycles. The first-order valence-corrected chi connectivity index (χ1v) is 2.33. The van der Waals surface area contributed by atoms with Crippen molar-refractivity contribution in [1.29, 1.82) is 0 Å². The molecular formula is C4H9NO4. The minimum absolute atomic E-state index is 0.469. The van der Waals surface area contributed by atoms with Crippen LogP contribution in [0.1, 0.15) is 6.92 Å². The van der Waals surface area contributed by atoms with Crippen molar-refractivity contribution in [3.05, 3.63) is 0 Å². The Labute approximate surface area is 51.9 Å². The quantitative estimate of drug-likeness (QED) is 0.347. The molecule has 0 atom stereocenters. The molecule has 0 amide bonds. The van der Waals surface area contributed by atoms with Gasteiger partial charge in [0.1, 0.15) is 0 Å². The van der Waals surface area contributed by atoms with Crippen molar-refractivity contribution in [2.75, 3.05) is 6.54 Å². The highest BCUT2D eigenvalue weighted by molar-refractivity contribution is 5.69. The lowest BCUT2D eigenvalue weighted by Gasteiger charge is -2.15. The van der Waals surface area contributed by atoms with Crippen LogP contribution in [-0.2, 0) is 4.79 Å². The second-order valence-electron chi connectivity index (χ2n) is 1.77. The molecule has 0 aliphatic heterocycles. The van der Waals surface area contributed by atoms with E-state index >= 15 is 0 Å². The molecule has 0 bridgehead atoms. The van der Waals surface area contributed by atoms with Gasteiger partial charge in [-0.15, -0.1) is 0 Å². The predicted octanol–water partition coefficient (Wildman–Crippen LogP) is -1.68. The fraction of sp³-hybridized carbons (Fsp3) is 0.750. The standard InChI is InChI=1S/C4H9NO4/c1-4(8,9)5-2-3(6)7/h5,8-9H,2H2,1H3,(H,6,7). The molecule has 4 N–H and O–H groups in total. The lowest BCUT2D eigenvalue weighted by atomic mass is 10.5. The third kappa shape index (κ3) is 7.35. The zero-order valence-electron chi connectivity index (χ0n) is 4.96. The van der Waals surface area contributed by atoms with Crippen molar-refractivity contribution in [1.82, 2.24) is 5.32 Å². The zero-order valence-corrected chi connectivity index (χ0v) is 4.96. The van der Waals surface area contributed by atoms with E-state index in [1.807, 2.05) is 5.32 Å². The average Bonchev–Trinajstić information content (AvgIpc) is 1.59. The normalized spacial score (nSPS) is 11.4. The van der Waals surface area contributed by atoms with Crippen molar-refractivity contribution < 1.29 is 20.1 Å². The van der Waals surface area contributed by atoms with E-state index in [0.29, 0.717) is 0 Å². The number of carboxylic acid groups (broad SMARTS) is 1. The third-order valence-corrected chi connectivity index (χ3v) is 0.575. The van der Waals surface area contributed by atoms with Crippen LogP contribution < -0.4 is 5.32 Å². The van der Waals surface area contributed by atoms with Crippen molar-refractivity contribution in [3.63, 3.8) is 0 Å². The number of carbonyl (C=O) groups is 1. The van der Waals surface area contributed by atoms with Gasteiger partial charge in [0.15, 0.2) is 0 Å². The van der Waals surface area contributed by atoms with Crippen molar-refractivity contribution in [2.45, 2.75) is 12.8 Å². The van der Waals surface area contributed by atoms with Crippen LogP contribution in [0, 0.1) is 0 Å². The van der Waals surface area contributed by atoms with Crippen LogP contribution in [0.3, 0.4) is 0 Å². The van der Waals surface area contributed by atoms with Gasteiger partial charge in [-0.25, -0.2) is 0 Å². The van der Waals surface area contributed by atoms with E-state index in [1.165, 1.54) is 0 Å². The molecule has 0 saturated carbocycles. The molecule has 5 heteroatoms. The van der Waals surface area contributed by atoms with Crippen LogP contribution in [0.5, 0.6) is 0 Å². The average molecular weight is 135 g/mol. The summed E-state index contributed by atoms with van der Waals surface area (Å²) in [6.07, 6.45) is 0. The maximum Gasteiger partial charge on any atom is 0.317 e. The number of hydrogen-bond acceptors (Lipinski definition) is 4. The Kier molecular flexibility index (Phi) is 2.57. The first kappa shape index (κ1) is 8.35. The molecule has 0 aliphatic rings. The molecule has 0 spiro atoms. The van der Waals surface area contributed by atoms with Gasteiger partial charge >= 0.3 is 5.97 Å². The van der Waals surface area contributed by atoms with E-state index in [1.54, 1.807) is 0 Å². The van der Waals surface area contributed by atoms with E-state index in [0.717, 1.165) is 6.92 Å². The van der Waals surface area contributed by atoms with Crippen molar-refractivity contribution in [3.8, 4) is 0 Å². The first-order chi connectivity index (χ1) is 3.92. The number of rotatable bonds is 3. The SMILES string of the molecule is CC(O)(O)NCC(=O)O. The lowest BCUT2D eigenvalue weighted by molar-refractivity contribution is -0.174. The Morgan fingerprint density at radius 3 is 2.22 bits per heavy atom. The molecule has 0 aliphatic carbocycles. The van der Waals surface area contributed by atoms with E-state index in [4.69, 9.17) is 15.3 Å². The van der Waals surface area contributed by atoms with E-state index in [9.17, 15) is 4.79 Å². The molecule has 0 radical (unpaired) electrons. The highest BCUT2D eigenvalue weighted by Crippen LogP contribution is 1.86. The summed E-state index contributed by atoms with van der Waals surface area (Å²) in [5.41, 5.74) is 0. The first-order valence-electron chi connectivity index (χ1n) is 2.33. The monoisotopic (exact) mass is 135 g/mol. The van der Waals surface area contributed by atoms with E-state index in [2.05, 4.69) is 0 Å². The molecule has 0 aromatic rings. The largest absolute Gasteiger partial charge is 0.480 e. The molecular weight excluding hydrogens is 126 g/mol. The highest BCUT2D eigenvalue weighted by atomic mass is 16.5. The molecule has 0 unspecified atom stereocenters. The van der Waals surface area contributed by atoms with Crippen molar-refractivity contribution in [2.24, 2.45) is 0 Å². The van der Waals surface area contributed by atoms with Gasteiger partial charge in [0.2, 0.25) is 5.91 Å². The van der Waals surface area contributed by atoms with E-state index < -0.39 is 18.4 Å². The number of aliphatic carboxylic acids is 1. The van der Waals surface area contributed by atoms with Crippen LogP contribution in [-0.4, -0.2) is 33.7 Å². The van der Waals surface area contributed by atoms with Crippen LogP contribution in [0.25, 0.3) is 0 Å². The van der Waals surface area contributed by atoms with Gasteiger partial charge in [-0.3, -0.25) is 10.1 Å². The van der Waals surface area contributed by atoms with Crippen LogP contribution in [0.2, 0.25) is 0 Å². The summed E-state index contributed by atoms with van der Waals surface area (Å²) < 4.78 is 0. The maximum absolute atomic E-state index is 9.76. The summed E-state index contributed by atoms with van der Waals surface area (Å²) >= 11 is 0. The van der Waals surface area contributed by atoms with Crippen molar-refractivity contribution >= 4 is 5.97 Å². The highest BCUT2D eigenvalue weighted by Gasteiger charge is 2.14. The smallest absolute Gasteiger partial charge is 0.317 e. The fourth-order valence-electron chi connectivity index (χ4n) is 0.243. The molecule has 0 rings (SSSR count). The van der Waals surface area contributed by atoms with Crippen LogP contribution >= 0.6 is 0 Å². The minimum atomic E-state index is -2.10. The zero-order chi connectivity index (χ0) is 7.49. The summed E-state index contributed by atoms with van der Waals surface area (Å²) in [7, 11) is 0. The molecule has 0 heterocycles. The lowest BCUT2D eigenvalue weighted by Crippen LogP contribution is -2.44. The Morgan fingerprint density at radius 2 is 2.11 bits per heavy atom. The molecule has 5 nitrogen and oxygen atoms in total. The third-order valence-electron chi connectivity index (χ3n) is 0.575. The van der Waals surface area contributed by atoms with E-state index in [-0.39, 0.29) is 0 Å². The molecule has 0 aromatic heterocycles. The number of carboxylic acids is 1. The second-order valence-corrected chi connectivity index (χ2v) is 1.77. The number of aliphatic hydroxyl groups is 2. The summed E-state index contributed by atoms with van der Waals surface area (Å²) in [6, 6.07) is 0. The van der Waals surface area contributed by atoms with Crippen LogP contribution in [0.15, 0.2) is 0 Å². The molecule has 54 valence electrons. The minimum Gasteiger partial charge on any atom is -0.480 e. The summed E-state index contributed by atoms with van der Waals surface area (Å²) in [6.45, 7) is 0.569.